The van der Waals surface area contributed by atoms with E-state index in [0.29, 0.717) is 22.6 Å². The van der Waals surface area contributed by atoms with E-state index in [1.807, 2.05) is 0 Å². The minimum Gasteiger partial charge on any atom is -0.493 e. The number of aliphatic imine (C=N–C) groups is 1. The molecule has 0 atom stereocenters. The number of methoxy groups -OCH3 is 1. The molecule has 0 unspecified atom stereocenters. The number of ether oxygens (including phenoxy) is 2. The quantitative estimate of drug-likeness (QED) is 0.690. The van der Waals surface area contributed by atoms with Gasteiger partial charge in [-0.25, -0.2) is 4.39 Å². The first kappa shape index (κ1) is 20.6. The Morgan fingerprint density at radius 1 is 1.32 bits per heavy atom. The summed E-state index contributed by atoms with van der Waals surface area (Å²) >= 11 is 6.38. The molecule has 0 spiro atoms. The molecule has 0 saturated carbocycles. The Hall–Kier alpha value is -3.65. The lowest BCUT2D eigenvalue weighted by Crippen LogP contribution is -2.38. The number of hydrogen-bond acceptors (Lipinski definition) is 5. The molecule has 0 aromatic heterocycles. The zero-order valence-electron chi connectivity index (χ0n) is 16.6. The Balaban J connectivity index is 1.62. The second-order valence-corrected chi connectivity index (χ2v) is 7.14. The summed E-state index contributed by atoms with van der Waals surface area (Å²) in [5, 5.41) is 9.67. The van der Waals surface area contributed by atoms with E-state index in [0.717, 1.165) is 0 Å². The summed E-state index contributed by atoms with van der Waals surface area (Å²) in [6, 6.07) is 9.42. The van der Waals surface area contributed by atoms with E-state index in [1.165, 1.54) is 24.3 Å². The van der Waals surface area contributed by atoms with Crippen molar-refractivity contribution in [3.05, 3.63) is 75.8 Å². The van der Waals surface area contributed by atoms with Crippen molar-refractivity contribution >= 4 is 35.3 Å². The summed E-state index contributed by atoms with van der Waals surface area (Å²) < 4.78 is 24.9. The fraction of sp³-hybridized carbons (Fsp3) is 0.136. The average Bonchev–Trinajstić information content (AvgIpc) is 3.11. The molecule has 2 aromatic carbocycles. The first-order chi connectivity index (χ1) is 14.9. The second kappa shape index (κ2) is 8.23. The van der Waals surface area contributed by atoms with Crippen molar-refractivity contribution in [2.75, 3.05) is 7.11 Å². The van der Waals surface area contributed by atoms with E-state index in [-0.39, 0.29) is 40.4 Å². The Bertz CT molecular complexity index is 1190. The summed E-state index contributed by atoms with van der Waals surface area (Å²) in [5.74, 6) is 0.226. The predicted molar refractivity (Wildman–Crippen MR) is 114 cm³/mol. The largest absolute Gasteiger partial charge is 0.493 e. The van der Waals surface area contributed by atoms with Gasteiger partial charge in [-0.2, -0.15) is 4.99 Å². The van der Waals surface area contributed by atoms with E-state index < -0.39 is 5.91 Å². The molecule has 2 aliphatic rings. The molecule has 0 aliphatic carbocycles. The van der Waals surface area contributed by atoms with Crippen LogP contribution < -0.4 is 9.47 Å². The number of amidine groups is 2. The first-order valence-electron chi connectivity index (χ1n) is 9.21. The first-order valence-corrected chi connectivity index (χ1v) is 9.59. The summed E-state index contributed by atoms with van der Waals surface area (Å²) in [6.45, 7) is 1.66. The van der Waals surface area contributed by atoms with Crippen molar-refractivity contribution in [2.24, 2.45) is 4.99 Å². The van der Waals surface area contributed by atoms with Gasteiger partial charge in [0.05, 0.1) is 17.7 Å². The van der Waals surface area contributed by atoms with Gasteiger partial charge in [0.1, 0.15) is 18.2 Å². The van der Waals surface area contributed by atoms with Gasteiger partial charge in [0.2, 0.25) is 0 Å². The smallest absolute Gasteiger partial charge is 0.282 e. The highest BCUT2D eigenvalue weighted by Gasteiger charge is 2.34. The van der Waals surface area contributed by atoms with Crippen molar-refractivity contribution in [1.82, 2.24) is 5.06 Å². The Morgan fingerprint density at radius 2 is 2.10 bits per heavy atom. The molecule has 2 heterocycles. The van der Waals surface area contributed by atoms with Gasteiger partial charge in [-0.3, -0.25) is 10.2 Å². The highest BCUT2D eigenvalue weighted by atomic mass is 35.5. The zero-order chi connectivity index (χ0) is 22.1. The second-order valence-electron chi connectivity index (χ2n) is 6.74. The van der Waals surface area contributed by atoms with Crippen LogP contribution in [0.5, 0.6) is 11.5 Å². The van der Waals surface area contributed by atoms with Crippen LogP contribution in [0.1, 0.15) is 18.1 Å². The minimum atomic E-state index is -0.569. The molecule has 31 heavy (non-hydrogen) atoms. The number of allylic oxidation sites excluding steroid dienone is 1. The molecule has 1 amide bonds. The minimum absolute atomic E-state index is 0.0324. The maximum Gasteiger partial charge on any atom is 0.282 e. The molecule has 2 aromatic rings. The van der Waals surface area contributed by atoms with E-state index >= 15 is 0 Å². The fourth-order valence-electron chi connectivity index (χ4n) is 3.10. The van der Waals surface area contributed by atoms with Gasteiger partial charge in [0.15, 0.2) is 23.2 Å². The van der Waals surface area contributed by atoms with Crippen molar-refractivity contribution in [3.8, 4) is 11.5 Å². The molecule has 0 radical (unpaired) electrons. The van der Waals surface area contributed by atoms with Gasteiger partial charge in [-0.1, -0.05) is 29.8 Å². The van der Waals surface area contributed by atoms with Crippen LogP contribution >= 0.6 is 11.6 Å². The van der Waals surface area contributed by atoms with Gasteiger partial charge in [-0.15, -0.1) is 5.06 Å². The van der Waals surface area contributed by atoms with E-state index in [4.69, 9.17) is 31.3 Å². The molecular formula is C22H17ClFN3O4. The lowest BCUT2D eigenvalue weighted by Gasteiger charge is -2.23. The van der Waals surface area contributed by atoms with Crippen LogP contribution in [0, 0.1) is 11.2 Å². The highest BCUT2D eigenvalue weighted by Crippen LogP contribution is 2.38. The number of amides is 1. The van der Waals surface area contributed by atoms with Crippen molar-refractivity contribution in [2.45, 2.75) is 13.5 Å². The van der Waals surface area contributed by atoms with Crippen LogP contribution in [-0.4, -0.2) is 29.8 Å². The van der Waals surface area contributed by atoms with Crippen LogP contribution in [0.25, 0.3) is 6.08 Å². The van der Waals surface area contributed by atoms with Crippen LogP contribution in [0.15, 0.2) is 58.8 Å². The number of hydroxylamine groups is 2. The molecule has 4 rings (SSSR count). The number of benzene rings is 2. The number of halogens is 2. The van der Waals surface area contributed by atoms with Gasteiger partial charge in [0, 0.05) is 11.6 Å². The molecule has 2 aliphatic heterocycles. The normalized spacial score (nSPS) is 16.6. The summed E-state index contributed by atoms with van der Waals surface area (Å²) in [5.41, 5.74) is 0.900. The number of carbonyl (C=O) groups excluding carboxylic acids is 1. The summed E-state index contributed by atoms with van der Waals surface area (Å²) in [6.07, 6.45) is 3.04. The molecule has 0 fully saturated rings. The molecular weight excluding hydrogens is 425 g/mol. The Morgan fingerprint density at radius 3 is 2.84 bits per heavy atom. The molecule has 9 heteroatoms. The van der Waals surface area contributed by atoms with Gasteiger partial charge < -0.3 is 14.3 Å². The fourth-order valence-corrected chi connectivity index (χ4v) is 3.37. The molecule has 0 saturated heterocycles. The van der Waals surface area contributed by atoms with Crippen LogP contribution in [0.4, 0.5) is 4.39 Å². The number of nitrogens with one attached hydrogen (secondary N) is 1. The zero-order valence-corrected chi connectivity index (χ0v) is 17.4. The summed E-state index contributed by atoms with van der Waals surface area (Å²) in [7, 11) is 1.44. The third kappa shape index (κ3) is 4.02. The topological polar surface area (TPSA) is 84.2 Å². The average molecular weight is 442 g/mol. The molecule has 158 valence electrons. The van der Waals surface area contributed by atoms with Gasteiger partial charge in [-0.05, 0) is 36.8 Å². The SMILES string of the molecule is COc1cc(/C=C2\C(=N)N3OC(C)=CC3=NC2=O)cc(Cl)c1OCc1ccccc1F. The number of carbonyl (C=O) groups is 1. The number of fused-ring (bicyclic) bond motifs is 1. The summed E-state index contributed by atoms with van der Waals surface area (Å²) in [4.78, 5) is 21.8. The highest BCUT2D eigenvalue weighted by molar-refractivity contribution is 6.33. The predicted octanol–water partition coefficient (Wildman–Crippen LogP) is 4.52. The third-order valence-electron chi connectivity index (χ3n) is 4.57. The number of hydrogen-bond donors (Lipinski definition) is 1. The van der Waals surface area contributed by atoms with Crippen molar-refractivity contribution in [3.63, 3.8) is 0 Å². The van der Waals surface area contributed by atoms with Crippen LogP contribution in [0.2, 0.25) is 5.02 Å². The van der Waals surface area contributed by atoms with E-state index in [1.54, 1.807) is 43.3 Å². The van der Waals surface area contributed by atoms with E-state index in [2.05, 4.69) is 4.99 Å². The van der Waals surface area contributed by atoms with Crippen LogP contribution in [-0.2, 0) is 16.2 Å². The maximum absolute atomic E-state index is 13.9. The van der Waals surface area contributed by atoms with Crippen LogP contribution in [0.3, 0.4) is 0 Å². The maximum atomic E-state index is 13.9. The number of rotatable bonds is 5. The molecule has 0 bridgehead atoms. The third-order valence-corrected chi connectivity index (χ3v) is 4.85. The van der Waals surface area contributed by atoms with Gasteiger partial charge >= 0.3 is 0 Å². The molecule has 7 nitrogen and oxygen atoms in total. The van der Waals surface area contributed by atoms with E-state index in [9.17, 15) is 9.18 Å². The Labute approximate surface area is 182 Å². The van der Waals surface area contributed by atoms with Crippen molar-refractivity contribution < 1.29 is 23.5 Å². The van der Waals surface area contributed by atoms with Gasteiger partial charge in [0.25, 0.3) is 5.91 Å². The Kier molecular flexibility index (Phi) is 5.48. The van der Waals surface area contributed by atoms with Crippen molar-refractivity contribution in [1.29, 1.82) is 5.41 Å². The lowest BCUT2D eigenvalue weighted by atomic mass is 10.1. The molecule has 1 N–H and O–H groups in total. The standard InChI is InChI=1S/C22H17ClFN3O4/c1-12-7-19-26-22(28)15(21(25)27(19)31-12)8-13-9-16(23)20(18(10-13)29-2)30-11-14-5-3-4-6-17(14)24/h3-10,25H,11H2,1-2H3/b15-8+,25-21?. The lowest BCUT2D eigenvalue weighted by molar-refractivity contribution is -0.114. The number of nitrogens with zero attached hydrogens (tertiary/aromatic N) is 2. The monoisotopic (exact) mass is 441 g/mol.